The van der Waals surface area contributed by atoms with E-state index in [1.54, 1.807) is 54.6 Å². The van der Waals surface area contributed by atoms with Crippen molar-refractivity contribution in [3.63, 3.8) is 0 Å². The number of benzene rings is 2. The van der Waals surface area contributed by atoms with E-state index in [1.165, 1.54) is 6.26 Å². The van der Waals surface area contributed by atoms with E-state index in [2.05, 4.69) is 0 Å². The predicted molar refractivity (Wildman–Crippen MR) is 91.0 cm³/mol. The van der Waals surface area contributed by atoms with E-state index in [4.69, 9.17) is 14.2 Å². The first-order valence-corrected chi connectivity index (χ1v) is 8.03. The molecule has 2 atom stereocenters. The molecule has 5 nitrogen and oxygen atoms in total. The van der Waals surface area contributed by atoms with Crippen molar-refractivity contribution in [2.75, 3.05) is 6.61 Å². The van der Waals surface area contributed by atoms with Crippen LogP contribution in [0, 0.1) is 0 Å². The van der Waals surface area contributed by atoms with E-state index >= 15 is 0 Å². The van der Waals surface area contributed by atoms with Gasteiger partial charge in [-0.2, -0.15) is 0 Å². The Hall–Kier alpha value is -3.08. The molecule has 2 aromatic rings. The number of ether oxygens (including phenoxy) is 3. The van der Waals surface area contributed by atoms with Gasteiger partial charge in [0.25, 0.3) is 0 Å². The van der Waals surface area contributed by atoms with Gasteiger partial charge in [-0.3, -0.25) is 0 Å². The van der Waals surface area contributed by atoms with Crippen LogP contribution in [-0.4, -0.2) is 30.8 Å². The molecule has 1 aliphatic heterocycles. The summed E-state index contributed by atoms with van der Waals surface area (Å²) in [7, 11) is 0. The number of carbonyl (C=O) groups is 2. The quantitative estimate of drug-likeness (QED) is 0.782. The van der Waals surface area contributed by atoms with Crippen LogP contribution in [0.4, 0.5) is 0 Å². The maximum atomic E-state index is 12.2. The highest BCUT2D eigenvalue weighted by atomic mass is 16.6. The van der Waals surface area contributed by atoms with Crippen LogP contribution in [0.25, 0.3) is 0 Å². The predicted octanol–water partition coefficient (Wildman–Crippen LogP) is 3.37. The highest BCUT2D eigenvalue weighted by molar-refractivity contribution is 5.90. The van der Waals surface area contributed by atoms with Gasteiger partial charge in [0, 0.05) is 6.42 Å². The Morgan fingerprint density at radius 3 is 2.16 bits per heavy atom. The third kappa shape index (κ3) is 4.47. The van der Waals surface area contributed by atoms with Crippen molar-refractivity contribution < 1.29 is 23.8 Å². The monoisotopic (exact) mass is 338 g/mol. The van der Waals surface area contributed by atoms with Gasteiger partial charge in [0.15, 0.2) is 6.10 Å². The van der Waals surface area contributed by atoms with Gasteiger partial charge in [0.1, 0.15) is 12.7 Å². The molecule has 0 bridgehead atoms. The molecule has 0 aromatic heterocycles. The smallest absolute Gasteiger partial charge is 0.338 e. The summed E-state index contributed by atoms with van der Waals surface area (Å²) in [5, 5.41) is 0. The lowest BCUT2D eigenvalue weighted by molar-refractivity contribution is -0.0548. The molecule has 0 unspecified atom stereocenters. The minimum Gasteiger partial charge on any atom is -0.491 e. The van der Waals surface area contributed by atoms with Gasteiger partial charge in [0.2, 0.25) is 0 Å². The molecule has 0 saturated heterocycles. The van der Waals surface area contributed by atoms with E-state index in [1.807, 2.05) is 12.1 Å². The van der Waals surface area contributed by atoms with Gasteiger partial charge >= 0.3 is 11.9 Å². The minimum absolute atomic E-state index is 0.00477. The zero-order chi connectivity index (χ0) is 17.5. The molecular formula is C20H18O5. The zero-order valence-electron chi connectivity index (χ0n) is 13.5. The molecule has 0 aliphatic carbocycles. The molecule has 3 rings (SSSR count). The first-order chi connectivity index (χ1) is 12.2. The molecule has 0 N–H and O–H groups in total. The Bertz CT molecular complexity index is 739. The zero-order valence-corrected chi connectivity index (χ0v) is 13.5. The molecule has 0 saturated carbocycles. The van der Waals surface area contributed by atoms with Crippen molar-refractivity contribution in [1.82, 2.24) is 0 Å². The molecular weight excluding hydrogens is 320 g/mol. The molecule has 0 amide bonds. The Labute approximate surface area is 145 Å². The number of esters is 2. The molecule has 2 aromatic carbocycles. The summed E-state index contributed by atoms with van der Waals surface area (Å²) in [4.78, 5) is 24.2. The summed E-state index contributed by atoms with van der Waals surface area (Å²) in [6.07, 6.45) is 2.77. The molecule has 0 spiro atoms. The van der Waals surface area contributed by atoms with Gasteiger partial charge in [-0.15, -0.1) is 0 Å². The molecule has 1 aliphatic rings. The van der Waals surface area contributed by atoms with Crippen LogP contribution in [0.1, 0.15) is 27.1 Å². The van der Waals surface area contributed by atoms with Crippen molar-refractivity contribution in [2.24, 2.45) is 0 Å². The lowest BCUT2D eigenvalue weighted by atomic mass is 10.1. The summed E-state index contributed by atoms with van der Waals surface area (Å²) in [5.41, 5.74) is 0.934. The first kappa shape index (κ1) is 16.8. The van der Waals surface area contributed by atoms with Gasteiger partial charge in [0.05, 0.1) is 17.4 Å². The summed E-state index contributed by atoms with van der Waals surface area (Å²) >= 11 is 0. The fraction of sp³-hybridized carbons (Fsp3) is 0.200. The van der Waals surface area contributed by atoms with Crippen molar-refractivity contribution >= 4 is 11.9 Å². The summed E-state index contributed by atoms with van der Waals surface area (Å²) in [5.74, 6) is -0.865. The largest absolute Gasteiger partial charge is 0.491 e. The highest BCUT2D eigenvalue weighted by Crippen LogP contribution is 2.18. The van der Waals surface area contributed by atoms with Gasteiger partial charge < -0.3 is 14.2 Å². The van der Waals surface area contributed by atoms with Crippen LogP contribution >= 0.6 is 0 Å². The Morgan fingerprint density at radius 1 is 0.920 bits per heavy atom. The van der Waals surface area contributed by atoms with E-state index in [9.17, 15) is 9.59 Å². The van der Waals surface area contributed by atoms with Gasteiger partial charge in [-0.25, -0.2) is 9.59 Å². The molecule has 0 fully saturated rings. The average Bonchev–Trinajstić information content (AvgIpc) is 2.68. The third-order valence-corrected chi connectivity index (χ3v) is 3.79. The van der Waals surface area contributed by atoms with Crippen LogP contribution in [0.3, 0.4) is 0 Å². The first-order valence-electron chi connectivity index (χ1n) is 8.03. The lowest BCUT2D eigenvalue weighted by Gasteiger charge is -2.28. The SMILES string of the molecule is O=C(OC[C@H]1OC=CC[C@@H]1OC(=O)c1ccccc1)c1ccccc1. The normalized spacial score (nSPS) is 18.9. The van der Waals surface area contributed by atoms with Crippen molar-refractivity contribution in [1.29, 1.82) is 0 Å². The second kappa shape index (κ2) is 8.15. The second-order valence-corrected chi connectivity index (χ2v) is 5.56. The van der Waals surface area contributed by atoms with E-state index < -0.39 is 24.1 Å². The Morgan fingerprint density at radius 2 is 1.52 bits per heavy atom. The average molecular weight is 338 g/mol. The van der Waals surface area contributed by atoms with Crippen LogP contribution in [0.2, 0.25) is 0 Å². The standard InChI is InChI=1S/C20H18O5/c21-19(15-8-3-1-4-9-15)24-14-18-17(12-7-13-23-18)25-20(22)16-10-5-2-6-11-16/h1-11,13,17-18H,12,14H2/t17-,18+/m0/s1. The number of carbonyl (C=O) groups excluding carboxylic acids is 2. The molecule has 0 radical (unpaired) electrons. The fourth-order valence-corrected chi connectivity index (χ4v) is 2.45. The van der Waals surface area contributed by atoms with Crippen molar-refractivity contribution in [2.45, 2.75) is 18.6 Å². The molecule has 1 heterocycles. The van der Waals surface area contributed by atoms with Gasteiger partial charge in [-0.1, -0.05) is 36.4 Å². The number of hydrogen-bond acceptors (Lipinski definition) is 5. The molecule has 128 valence electrons. The van der Waals surface area contributed by atoms with Crippen LogP contribution in [-0.2, 0) is 14.2 Å². The van der Waals surface area contributed by atoms with Crippen LogP contribution < -0.4 is 0 Å². The van der Waals surface area contributed by atoms with E-state index in [0.29, 0.717) is 17.5 Å². The maximum absolute atomic E-state index is 12.2. The maximum Gasteiger partial charge on any atom is 0.338 e. The van der Waals surface area contributed by atoms with Crippen molar-refractivity contribution in [3.05, 3.63) is 84.1 Å². The van der Waals surface area contributed by atoms with Crippen molar-refractivity contribution in [3.8, 4) is 0 Å². The van der Waals surface area contributed by atoms with Crippen LogP contribution in [0.15, 0.2) is 73.0 Å². The van der Waals surface area contributed by atoms with Crippen LogP contribution in [0.5, 0.6) is 0 Å². The van der Waals surface area contributed by atoms with Gasteiger partial charge in [-0.05, 0) is 30.3 Å². The Balaban J connectivity index is 1.59. The van der Waals surface area contributed by atoms with E-state index in [-0.39, 0.29) is 6.61 Å². The molecule has 25 heavy (non-hydrogen) atoms. The molecule has 5 heteroatoms. The highest BCUT2D eigenvalue weighted by Gasteiger charge is 2.29. The summed E-state index contributed by atoms with van der Waals surface area (Å²) < 4.78 is 16.3. The number of hydrogen-bond donors (Lipinski definition) is 0. The topological polar surface area (TPSA) is 61.8 Å². The Kier molecular flexibility index (Phi) is 5.46. The number of rotatable bonds is 5. The van der Waals surface area contributed by atoms with E-state index in [0.717, 1.165) is 0 Å². The lowest BCUT2D eigenvalue weighted by Crippen LogP contribution is -2.38. The minimum atomic E-state index is -0.537. The summed E-state index contributed by atoms with van der Waals surface area (Å²) in [6.45, 7) is 0.00477. The second-order valence-electron chi connectivity index (χ2n) is 5.56. The summed E-state index contributed by atoms with van der Waals surface area (Å²) in [6, 6.07) is 17.5. The third-order valence-electron chi connectivity index (χ3n) is 3.79. The fourth-order valence-electron chi connectivity index (χ4n) is 2.45.